The highest BCUT2D eigenvalue weighted by Crippen LogP contribution is 2.54. The predicted octanol–water partition coefficient (Wildman–Crippen LogP) is 26.1. The van der Waals surface area contributed by atoms with Gasteiger partial charge in [-0.1, -0.05) is 262 Å². The molecule has 0 amide bonds. The Morgan fingerprint density at radius 3 is 0.947 bits per heavy atom. The summed E-state index contributed by atoms with van der Waals surface area (Å²) in [6, 6.07) is 115. The van der Waals surface area contributed by atoms with Crippen molar-refractivity contribution in [2.75, 3.05) is 0 Å². The lowest BCUT2D eigenvalue weighted by Gasteiger charge is -2.13. The first-order valence-electron chi connectivity index (χ1n) is 32.4. The van der Waals surface area contributed by atoms with Gasteiger partial charge in [0.25, 0.3) is 0 Å². The molecule has 0 aliphatic heterocycles. The molecule has 19 aromatic rings. The van der Waals surface area contributed by atoms with Gasteiger partial charge in [0.15, 0.2) is 0 Å². The van der Waals surface area contributed by atoms with Gasteiger partial charge in [0.2, 0.25) is 0 Å². The highest BCUT2D eigenvalue weighted by Gasteiger charge is 2.29. The lowest BCUT2D eigenvalue weighted by Crippen LogP contribution is -1.96. The maximum absolute atomic E-state index is 3.63. The number of aromatic nitrogens is 3. The Bertz CT molecular complexity index is 6150. The number of H-pyrrole nitrogens is 1. The van der Waals surface area contributed by atoms with Crippen LogP contribution in [0.1, 0.15) is 0 Å². The molecular formula is C90H53Br2N3. The van der Waals surface area contributed by atoms with Crippen LogP contribution in [0.25, 0.3) is 198 Å². The minimum Gasteiger partial charge on any atom is -0.354 e. The van der Waals surface area contributed by atoms with Gasteiger partial charge in [-0.3, -0.25) is 0 Å². The molecule has 16 aromatic carbocycles. The van der Waals surface area contributed by atoms with E-state index in [1.807, 2.05) is 0 Å². The molecule has 22 rings (SSSR count). The third kappa shape index (κ3) is 8.16. The van der Waals surface area contributed by atoms with Gasteiger partial charge in [0, 0.05) is 74.3 Å². The Hall–Kier alpha value is -11.3. The van der Waals surface area contributed by atoms with Crippen LogP contribution in [0.5, 0.6) is 0 Å². The van der Waals surface area contributed by atoms with E-state index in [-0.39, 0.29) is 0 Å². The largest absolute Gasteiger partial charge is 0.354 e. The van der Waals surface area contributed by atoms with Crippen LogP contribution in [0.3, 0.4) is 0 Å². The van der Waals surface area contributed by atoms with Crippen molar-refractivity contribution >= 4 is 130 Å². The SMILES string of the molecule is Brc1ccc(-c2ccc(Br)cc2)cc1.c1ccc2c(c1)-c1cccc3c1c-2cc1c2ccccc2[nH]c31.c1ccc2c(c1)-c1cccc3c1c-2cc1c2ccccc2n(-c2ccc(-c4ccc(-n5c6ccccc6c6cc7c8c(cccc8c65)-c5ccccc5-7)cc4)cc2)c31. The average molecular weight is 1340 g/mol. The molecule has 95 heavy (non-hydrogen) atoms. The van der Waals surface area contributed by atoms with Crippen LogP contribution in [0, 0.1) is 0 Å². The van der Waals surface area contributed by atoms with Crippen molar-refractivity contribution in [1.29, 1.82) is 0 Å². The lowest BCUT2D eigenvalue weighted by atomic mass is 9.99. The van der Waals surface area contributed by atoms with Crippen LogP contribution in [0.15, 0.2) is 324 Å². The normalized spacial score (nSPS) is 12.1. The van der Waals surface area contributed by atoms with Crippen molar-refractivity contribution in [3.63, 3.8) is 0 Å². The van der Waals surface area contributed by atoms with E-state index in [1.54, 1.807) is 0 Å². The zero-order chi connectivity index (χ0) is 62.6. The molecule has 5 heteroatoms. The van der Waals surface area contributed by atoms with Crippen molar-refractivity contribution < 1.29 is 0 Å². The molecule has 3 aromatic heterocycles. The molecular weight excluding hydrogens is 1280 g/mol. The number of hydrogen-bond donors (Lipinski definition) is 1. The molecule has 3 nitrogen and oxygen atoms in total. The predicted molar refractivity (Wildman–Crippen MR) is 409 cm³/mol. The van der Waals surface area contributed by atoms with Gasteiger partial charge in [-0.2, -0.15) is 0 Å². The van der Waals surface area contributed by atoms with Gasteiger partial charge in [-0.15, -0.1) is 0 Å². The molecule has 1 N–H and O–H groups in total. The Labute approximate surface area is 564 Å². The average Bonchev–Trinajstić information content (AvgIpc) is 1.56. The van der Waals surface area contributed by atoms with Crippen LogP contribution in [-0.4, -0.2) is 14.1 Å². The van der Waals surface area contributed by atoms with E-state index in [2.05, 4.69) is 361 Å². The smallest absolute Gasteiger partial charge is 0.0620 e. The van der Waals surface area contributed by atoms with E-state index in [9.17, 15) is 0 Å². The molecule has 0 saturated carbocycles. The second kappa shape index (κ2) is 21.1. The number of halogens is 2. The maximum Gasteiger partial charge on any atom is 0.0620 e. The molecule has 3 aliphatic rings. The molecule has 0 atom stereocenters. The first-order valence-corrected chi connectivity index (χ1v) is 34.0. The number of nitrogens with one attached hydrogen (secondary N) is 1. The van der Waals surface area contributed by atoms with Crippen LogP contribution < -0.4 is 0 Å². The second-order valence-corrected chi connectivity index (χ2v) is 27.1. The van der Waals surface area contributed by atoms with Gasteiger partial charge in [-0.25, -0.2) is 0 Å². The first-order chi connectivity index (χ1) is 47.0. The van der Waals surface area contributed by atoms with Crippen molar-refractivity contribution in [3.8, 4) is 100 Å². The minimum atomic E-state index is 1.11. The highest BCUT2D eigenvalue weighted by molar-refractivity contribution is 9.10. The molecule has 0 unspecified atom stereocenters. The van der Waals surface area contributed by atoms with Crippen molar-refractivity contribution in [3.05, 3.63) is 324 Å². The van der Waals surface area contributed by atoms with E-state index in [0.29, 0.717) is 0 Å². The Morgan fingerprint density at radius 2 is 0.526 bits per heavy atom. The second-order valence-electron chi connectivity index (χ2n) is 25.3. The highest BCUT2D eigenvalue weighted by atomic mass is 79.9. The Balaban J connectivity index is 0.000000135. The zero-order valence-electron chi connectivity index (χ0n) is 51.2. The first kappa shape index (κ1) is 54.2. The minimum absolute atomic E-state index is 1.11. The molecule has 0 spiro atoms. The number of hydrogen-bond acceptors (Lipinski definition) is 0. The summed E-state index contributed by atoms with van der Waals surface area (Å²) in [5.41, 5.74) is 30.7. The summed E-state index contributed by atoms with van der Waals surface area (Å²) < 4.78 is 7.17. The maximum atomic E-state index is 3.63. The van der Waals surface area contributed by atoms with Gasteiger partial charge < -0.3 is 14.1 Å². The fraction of sp³-hybridized carbons (Fsp3) is 0. The fourth-order valence-electron chi connectivity index (χ4n) is 16.3. The van der Waals surface area contributed by atoms with Crippen molar-refractivity contribution in [2.45, 2.75) is 0 Å². The molecule has 0 saturated heterocycles. The molecule has 3 heterocycles. The Kier molecular flexibility index (Phi) is 12.0. The summed E-state index contributed by atoms with van der Waals surface area (Å²) in [5, 5.41) is 15.8. The topological polar surface area (TPSA) is 25.6 Å². The van der Waals surface area contributed by atoms with Gasteiger partial charge in [-0.05, 0) is 190 Å². The Morgan fingerprint density at radius 1 is 0.221 bits per heavy atom. The van der Waals surface area contributed by atoms with E-state index in [4.69, 9.17) is 0 Å². The number of fused-ring (bicyclic) bond motifs is 21. The quantitative estimate of drug-likeness (QED) is 0.182. The molecule has 3 aliphatic carbocycles. The summed E-state index contributed by atoms with van der Waals surface area (Å²) in [5.74, 6) is 0. The third-order valence-electron chi connectivity index (χ3n) is 20.3. The zero-order valence-corrected chi connectivity index (χ0v) is 54.3. The van der Waals surface area contributed by atoms with E-state index in [0.717, 1.165) is 20.3 Å². The van der Waals surface area contributed by atoms with Crippen molar-refractivity contribution in [1.82, 2.24) is 14.1 Å². The monoisotopic (exact) mass is 1330 g/mol. The van der Waals surface area contributed by atoms with Crippen LogP contribution in [0.2, 0.25) is 0 Å². The third-order valence-corrected chi connectivity index (χ3v) is 21.4. The molecule has 442 valence electrons. The summed E-state index contributed by atoms with van der Waals surface area (Å²) in [6.45, 7) is 0. The van der Waals surface area contributed by atoms with Gasteiger partial charge in [0.1, 0.15) is 0 Å². The molecule has 0 radical (unpaired) electrons. The van der Waals surface area contributed by atoms with Gasteiger partial charge >= 0.3 is 0 Å². The fourth-order valence-corrected chi connectivity index (χ4v) is 16.8. The molecule has 0 bridgehead atoms. The van der Waals surface area contributed by atoms with Gasteiger partial charge in [0.05, 0.1) is 27.6 Å². The number of para-hydroxylation sites is 3. The van der Waals surface area contributed by atoms with E-state index >= 15 is 0 Å². The van der Waals surface area contributed by atoms with E-state index < -0.39 is 0 Å². The lowest BCUT2D eigenvalue weighted by molar-refractivity contribution is 1.18. The number of rotatable bonds is 4. The number of benzene rings is 16. The number of nitrogens with zero attached hydrogens (tertiary/aromatic N) is 2. The van der Waals surface area contributed by atoms with Crippen LogP contribution in [-0.2, 0) is 0 Å². The van der Waals surface area contributed by atoms with Crippen LogP contribution in [0.4, 0.5) is 0 Å². The number of aromatic amines is 1. The van der Waals surface area contributed by atoms with E-state index in [1.165, 1.54) is 187 Å². The summed E-state index contributed by atoms with van der Waals surface area (Å²) >= 11 is 6.84. The summed E-state index contributed by atoms with van der Waals surface area (Å²) in [6.07, 6.45) is 0. The van der Waals surface area contributed by atoms with Crippen LogP contribution >= 0.6 is 31.9 Å². The summed E-state index contributed by atoms with van der Waals surface area (Å²) in [7, 11) is 0. The summed E-state index contributed by atoms with van der Waals surface area (Å²) in [4.78, 5) is 3.63. The standard InChI is InChI=1S/C56H32N2.C22H13N.C12H8Br2/c1-3-13-39-37(11-1)43-17-9-19-45-53(43)47(39)31-49-41-15-5-7-21-51(41)57(55(45)49)35-27-23-33(24-28-35)34-25-29-36(30-26-34)58-52-22-8-6-16-42(52)50-32-48-40-14-4-2-12-38(40)44-18-10-20-46(54(44)48)56(50)58;1-2-7-14-13(6-1)16-9-5-10-17-21(16)18(14)12-19-15-8-3-4-11-20(15)23-22(17)19;13-11-5-1-9(2-6-11)10-3-7-12(14)8-4-10/h1-32H;1-12,23H;1-8H. The van der Waals surface area contributed by atoms with Crippen molar-refractivity contribution in [2.24, 2.45) is 0 Å². The molecule has 0 fully saturated rings.